The van der Waals surface area contributed by atoms with Crippen molar-refractivity contribution in [3.8, 4) is 0 Å². The molecule has 0 spiro atoms. The van der Waals surface area contributed by atoms with Crippen LogP contribution in [-0.2, 0) is 0 Å². The van der Waals surface area contributed by atoms with E-state index in [2.05, 4.69) is 79.2 Å². The van der Waals surface area contributed by atoms with Crippen molar-refractivity contribution in [3.63, 3.8) is 0 Å². The molecule has 2 aliphatic carbocycles. The van der Waals surface area contributed by atoms with Gasteiger partial charge in [-0.05, 0) is 45.0 Å². The second kappa shape index (κ2) is 4.45. The molecule has 0 saturated carbocycles. The molecule has 0 bridgehead atoms. The summed E-state index contributed by atoms with van der Waals surface area (Å²) >= 11 is 0. The van der Waals surface area contributed by atoms with Crippen molar-refractivity contribution in [1.82, 2.24) is 0 Å². The molecule has 0 fully saturated rings. The highest BCUT2D eigenvalue weighted by Gasteiger charge is 2.19. The van der Waals surface area contributed by atoms with Gasteiger partial charge in [-0.25, -0.2) is 0 Å². The molecule has 102 valence electrons. The van der Waals surface area contributed by atoms with E-state index in [9.17, 15) is 0 Å². The molecule has 0 aromatic heterocycles. The molecule has 0 saturated heterocycles. The third kappa shape index (κ3) is 1.70. The van der Waals surface area contributed by atoms with Crippen LogP contribution in [0.2, 0.25) is 0 Å². The molecule has 0 nitrogen and oxygen atoms in total. The van der Waals surface area contributed by atoms with E-state index in [0.717, 1.165) is 6.42 Å². The first kappa shape index (κ1) is 12.0. The molecule has 0 aliphatic heterocycles. The molecule has 5 rings (SSSR count). The van der Waals surface area contributed by atoms with E-state index in [0.29, 0.717) is 0 Å². The van der Waals surface area contributed by atoms with Crippen LogP contribution in [0.25, 0.3) is 28.5 Å². The molecular formula is C22H14. The smallest absolute Gasteiger partial charge is 0.0467 e. The summed E-state index contributed by atoms with van der Waals surface area (Å²) in [7, 11) is 0. The van der Waals surface area contributed by atoms with Crippen molar-refractivity contribution in [2.75, 3.05) is 0 Å². The van der Waals surface area contributed by atoms with Crippen LogP contribution in [0.4, 0.5) is 0 Å². The maximum Gasteiger partial charge on any atom is 0.0467 e. The van der Waals surface area contributed by atoms with E-state index < -0.39 is 0 Å². The fourth-order valence-corrected chi connectivity index (χ4v) is 3.60. The average Bonchev–Trinajstić information content (AvgIpc) is 3.11. The zero-order valence-electron chi connectivity index (χ0n) is 12.1. The predicted octanol–water partition coefficient (Wildman–Crippen LogP) is 5.61. The van der Waals surface area contributed by atoms with Crippen molar-refractivity contribution in [2.24, 2.45) is 0 Å². The maximum atomic E-state index is 3.54. The Morgan fingerprint density at radius 2 is 1.55 bits per heavy atom. The summed E-state index contributed by atoms with van der Waals surface area (Å²) in [6, 6.07) is 21.6. The Hall–Kier alpha value is -2.60. The van der Waals surface area contributed by atoms with Crippen molar-refractivity contribution >= 4 is 28.5 Å². The second-order valence-corrected chi connectivity index (χ2v) is 5.98. The van der Waals surface area contributed by atoms with Gasteiger partial charge in [-0.2, -0.15) is 0 Å². The topological polar surface area (TPSA) is 0 Å². The van der Waals surface area contributed by atoms with Crippen LogP contribution in [0.3, 0.4) is 0 Å². The van der Waals surface area contributed by atoms with Gasteiger partial charge in [-0.3, -0.25) is 0 Å². The van der Waals surface area contributed by atoms with Crippen LogP contribution in [0.15, 0.2) is 66.2 Å². The highest BCUT2D eigenvalue weighted by atomic mass is 14.2. The van der Waals surface area contributed by atoms with Crippen molar-refractivity contribution < 1.29 is 0 Å². The summed E-state index contributed by atoms with van der Waals surface area (Å²) < 4.78 is 0. The molecule has 0 N–H and O–H groups in total. The first-order chi connectivity index (χ1) is 10.9. The van der Waals surface area contributed by atoms with Crippen LogP contribution < -0.4 is 0 Å². The molecule has 0 atom stereocenters. The lowest BCUT2D eigenvalue weighted by atomic mass is 9.97. The minimum atomic E-state index is 0.947. The van der Waals surface area contributed by atoms with Gasteiger partial charge in [0, 0.05) is 6.42 Å². The fraction of sp³-hybridized carbons (Fsp3) is 0.0455. The number of rotatable bonds is 2. The lowest BCUT2D eigenvalue weighted by Gasteiger charge is -2.06. The molecular weight excluding hydrogens is 264 g/mol. The molecule has 0 unspecified atom stereocenters. The normalized spacial score (nSPS) is 14.9. The van der Waals surface area contributed by atoms with Crippen molar-refractivity contribution in [1.29, 1.82) is 0 Å². The molecule has 2 radical (unpaired) electrons. The van der Waals surface area contributed by atoms with Gasteiger partial charge < -0.3 is 0 Å². The van der Waals surface area contributed by atoms with Crippen LogP contribution >= 0.6 is 0 Å². The standard InChI is InChI=1S/C22H14/c1-2-6-18-12-15(11-17(18)5-1)13-20-14-19-9-3-7-16-8-4-10-21(20)22(16)19/h1-11,14H,13H2. The van der Waals surface area contributed by atoms with Gasteiger partial charge in [0.25, 0.3) is 0 Å². The SMILES string of the molecule is [C]1C(CC2=Cc3cccc4cccc2c34)=Cc2ccccc21. The summed E-state index contributed by atoms with van der Waals surface area (Å²) in [5.74, 6) is 0. The third-order valence-corrected chi connectivity index (χ3v) is 4.58. The number of allylic oxidation sites excluding steroid dienone is 2. The van der Waals surface area contributed by atoms with Crippen LogP contribution in [-0.4, -0.2) is 0 Å². The Morgan fingerprint density at radius 3 is 2.45 bits per heavy atom. The quantitative estimate of drug-likeness (QED) is 0.571. The fourth-order valence-electron chi connectivity index (χ4n) is 3.60. The maximum absolute atomic E-state index is 3.54. The zero-order chi connectivity index (χ0) is 14.5. The largest absolute Gasteiger partial charge is 0.0619 e. The average molecular weight is 278 g/mol. The number of hydrogen-bond donors (Lipinski definition) is 0. The Morgan fingerprint density at radius 1 is 0.727 bits per heavy atom. The molecule has 3 aromatic carbocycles. The summed E-state index contributed by atoms with van der Waals surface area (Å²) in [6.45, 7) is 0. The predicted molar refractivity (Wildman–Crippen MR) is 93.2 cm³/mol. The Balaban J connectivity index is 1.54. The molecule has 22 heavy (non-hydrogen) atoms. The van der Waals surface area contributed by atoms with E-state index in [-0.39, 0.29) is 0 Å². The molecule has 3 aromatic rings. The summed E-state index contributed by atoms with van der Waals surface area (Å²) in [5, 5.41) is 2.73. The third-order valence-electron chi connectivity index (χ3n) is 4.58. The van der Waals surface area contributed by atoms with E-state index >= 15 is 0 Å². The Labute approximate surface area is 130 Å². The van der Waals surface area contributed by atoms with Gasteiger partial charge >= 0.3 is 0 Å². The van der Waals surface area contributed by atoms with Gasteiger partial charge in [0.15, 0.2) is 0 Å². The lowest BCUT2D eigenvalue weighted by Crippen LogP contribution is -1.86. The van der Waals surface area contributed by atoms with Crippen LogP contribution in [0.1, 0.15) is 28.7 Å². The first-order valence-electron chi connectivity index (χ1n) is 7.68. The Bertz CT molecular complexity index is 965. The highest BCUT2D eigenvalue weighted by molar-refractivity contribution is 6.09. The summed E-state index contributed by atoms with van der Waals surface area (Å²) in [4.78, 5) is 0. The summed E-state index contributed by atoms with van der Waals surface area (Å²) in [6.07, 6.45) is 9.09. The van der Waals surface area contributed by atoms with Gasteiger partial charge in [0.2, 0.25) is 0 Å². The lowest BCUT2D eigenvalue weighted by molar-refractivity contribution is 1.30. The number of benzene rings is 3. The van der Waals surface area contributed by atoms with Crippen LogP contribution in [0.5, 0.6) is 0 Å². The second-order valence-electron chi connectivity index (χ2n) is 5.98. The van der Waals surface area contributed by atoms with Crippen molar-refractivity contribution in [2.45, 2.75) is 6.42 Å². The zero-order valence-corrected chi connectivity index (χ0v) is 12.1. The van der Waals surface area contributed by atoms with Gasteiger partial charge in [0.05, 0.1) is 0 Å². The molecule has 0 heterocycles. The van der Waals surface area contributed by atoms with Crippen LogP contribution in [0, 0.1) is 6.42 Å². The van der Waals surface area contributed by atoms with Gasteiger partial charge in [-0.1, -0.05) is 78.4 Å². The van der Waals surface area contributed by atoms with E-state index in [4.69, 9.17) is 0 Å². The van der Waals surface area contributed by atoms with Crippen molar-refractivity contribution in [3.05, 3.63) is 94.9 Å². The number of fused-ring (bicyclic) bond motifs is 1. The van der Waals surface area contributed by atoms with E-state index in [1.54, 1.807) is 0 Å². The number of hydrogen-bond acceptors (Lipinski definition) is 0. The van der Waals surface area contributed by atoms with Gasteiger partial charge in [0.1, 0.15) is 0 Å². The Kier molecular flexibility index (Phi) is 2.42. The van der Waals surface area contributed by atoms with E-state index in [1.807, 2.05) is 0 Å². The first-order valence-corrected chi connectivity index (χ1v) is 7.68. The minimum Gasteiger partial charge on any atom is -0.0619 e. The molecule has 0 amide bonds. The monoisotopic (exact) mass is 278 g/mol. The van der Waals surface area contributed by atoms with Gasteiger partial charge in [-0.15, -0.1) is 0 Å². The minimum absolute atomic E-state index is 0.947. The molecule has 0 heteroatoms. The highest BCUT2D eigenvalue weighted by Crippen LogP contribution is 2.41. The summed E-state index contributed by atoms with van der Waals surface area (Å²) in [5.41, 5.74) is 7.90. The molecule has 2 aliphatic rings. The van der Waals surface area contributed by atoms with E-state index in [1.165, 1.54) is 44.2 Å².